The van der Waals surface area contributed by atoms with E-state index in [1.54, 1.807) is 6.92 Å². The third-order valence-corrected chi connectivity index (χ3v) is 3.60. The highest BCUT2D eigenvalue weighted by atomic mass is 16.4. The highest BCUT2D eigenvalue weighted by molar-refractivity contribution is 6.02. The molecule has 0 aliphatic heterocycles. The summed E-state index contributed by atoms with van der Waals surface area (Å²) in [7, 11) is 0. The molecule has 0 radical (unpaired) electrons. The Balaban J connectivity index is 3.12. The fourth-order valence-electron chi connectivity index (χ4n) is 2.55. The van der Waals surface area contributed by atoms with Gasteiger partial charge in [0, 0.05) is 12.8 Å². The van der Waals surface area contributed by atoms with Crippen LogP contribution in [0.2, 0.25) is 0 Å². The first-order chi connectivity index (χ1) is 8.97. The molecule has 0 aromatic rings. The largest absolute Gasteiger partial charge is 0.478 e. The predicted molar refractivity (Wildman–Crippen MR) is 68.8 cm³/mol. The van der Waals surface area contributed by atoms with Crippen molar-refractivity contribution in [3.8, 4) is 0 Å². The molecule has 106 valence electrons. The average Bonchev–Trinajstić information content (AvgIpc) is 2.38. The lowest BCUT2D eigenvalue weighted by atomic mass is 9.81. The number of carboxylic acid groups (broad SMARTS) is 2. The summed E-state index contributed by atoms with van der Waals surface area (Å²) in [5.41, 5.74) is -0.291. The van der Waals surface area contributed by atoms with Crippen molar-refractivity contribution in [3.05, 3.63) is 11.1 Å². The van der Waals surface area contributed by atoms with E-state index < -0.39 is 11.9 Å². The van der Waals surface area contributed by atoms with Gasteiger partial charge in [0.05, 0.1) is 11.1 Å². The molecular weight excluding hydrogens is 248 g/mol. The van der Waals surface area contributed by atoms with Crippen molar-refractivity contribution in [3.63, 3.8) is 0 Å². The Kier molecular flexibility index (Phi) is 5.73. The molecule has 0 bridgehead atoms. The first-order valence-corrected chi connectivity index (χ1v) is 6.68. The zero-order chi connectivity index (χ0) is 14.4. The van der Waals surface area contributed by atoms with E-state index in [4.69, 9.17) is 0 Å². The molecule has 0 amide bonds. The minimum atomic E-state index is -1.29. The van der Waals surface area contributed by atoms with Crippen LogP contribution in [-0.4, -0.2) is 27.9 Å². The molecule has 1 aliphatic rings. The number of carboxylic acids is 2. The minimum absolute atomic E-state index is 0.0611. The van der Waals surface area contributed by atoms with Gasteiger partial charge in [-0.3, -0.25) is 4.79 Å². The van der Waals surface area contributed by atoms with Crippen LogP contribution in [0, 0.1) is 5.92 Å². The number of hydrogen-bond acceptors (Lipinski definition) is 3. The van der Waals surface area contributed by atoms with E-state index in [1.165, 1.54) is 0 Å². The number of rotatable bonds is 6. The van der Waals surface area contributed by atoms with Crippen LogP contribution in [-0.2, 0) is 14.4 Å². The lowest BCUT2D eigenvalue weighted by molar-refractivity contribution is -0.137. The van der Waals surface area contributed by atoms with E-state index in [9.17, 15) is 24.6 Å². The van der Waals surface area contributed by atoms with Crippen LogP contribution in [0.15, 0.2) is 11.1 Å². The van der Waals surface area contributed by atoms with Gasteiger partial charge in [0.2, 0.25) is 0 Å². The number of carbonyl (C=O) groups is 3. The van der Waals surface area contributed by atoms with Crippen molar-refractivity contribution in [1.29, 1.82) is 0 Å². The third-order valence-electron chi connectivity index (χ3n) is 3.60. The van der Waals surface area contributed by atoms with Crippen molar-refractivity contribution in [2.75, 3.05) is 0 Å². The zero-order valence-corrected chi connectivity index (χ0v) is 11.1. The molecular formula is C14H20O5. The van der Waals surface area contributed by atoms with Gasteiger partial charge in [0.1, 0.15) is 5.78 Å². The van der Waals surface area contributed by atoms with Gasteiger partial charge >= 0.3 is 11.9 Å². The molecule has 0 unspecified atom stereocenters. The highest BCUT2D eigenvalue weighted by Gasteiger charge is 2.29. The normalized spacial score (nSPS) is 17.7. The van der Waals surface area contributed by atoms with Crippen molar-refractivity contribution in [1.82, 2.24) is 0 Å². The summed E-state index contributed by atoms with van der Waals surface area (Å²) in [4.78, 5) is 34.1. The topological polar surface area (TPSA) is 91.7 Å². The lowest BCUT2D eigenvalue weighted by Gasteiger charge is -2.23. The van der Waals surface area contributed by atoms with Crippen LogP contribution < -0.4 is 0 Å². The van der Waals surface area contributed by atoms with Gasteiger partial charge in [-0.25, -0.2) is 9.59 Å². The fraction of sp³-hybridized carbons (Fsp3) is 0.643. The molecule has 19 heavy (non-hydrogen) atoms. The molecule has 1 aliphatic carbocycles. The molecule has 1 fully saturated rings. The zero-order valence-electron chi connectivity index (χ0n) is 11.1. The van der Waals surface area contributed by atoms with Gasteiger partial charge in [0.25, 0.3) is 0 Å². The average molecular weight is 268 g/mol. The summed E-state index contributed by atoms with van der Waals surface area (Å²) in [5, 5.41) is 18.5. The molecule has 0 atom stereocenters. The molecule has 5 nitrogen and oxygen atoms in total. The SMILES string of the molecule is CCC(=O)C/C(C(=O)O)=C(\C(=O)O)C1CCCCC1. The van der Waals surface area contributed by atoms with E-state index in [2.05, 4.69) is 0 Å². The summed E-state index contributed by atoms with van der Waals surface area (Å²) in [6, 6.07) is 0. The van der Waals surface area contributed by atoms with Gasteiger partial charge in [-0.1, -0.05) is 26.2 Å². The van der Waals surface area contributed by atoms with Crippen LogP contribution >= 0.6 is 0 Å². The smallest absolute Gasteiger partial charge is 0.332 e. The molecule has 0 aromatic carbocycles. The van der Waals surface area contributed by atoms with E-state index in [0.717, 1.165) is 19.3 Å². The summed E-state index contributed by atoms with van der Waals surface area (Å²) < 4.78 is 0. The monoisotopic (exact) mass is 268 g/mol. The van der Waals surface area contributed by atoms with Crippen LogP contribution in [0.3, 0.4) is 0 Å². The highest BCUT2D eigenvalue weighted by Crippen LogP contribution is 2.32. The molecule has 2 N–H and O–H groups in total. The second-order valence-electron chi connectivity index (χ2n) is 4.91. The van der Waals surface area contributed by atoms with Gasteiger partial charge < -0.3 is 10.2 Å². The standard InChI is InChI=1S/C14H20O5/c1-2-10(15)8-11(13(16)17)12(14(18)19)9-6-4-3-5-7-9/h9H,2-8H2,1H3,(H,16,17)(H,18,19)/b12-11+. The van der Waals surface area contributed by atoms with Crippen molar-refractivity contribution in [2.45, 2.75) is 51.9 Å². The molecule has 1 rings (SSSR count). The Morgan fingerprint density at radius 1 is 1.00 bits per heavy atom. The van der Waals surface area contributed by atoms with Gasteiger partial charge in [-0.15, -0.1) is 0 Å². The fourth-order valence-corrected chi connectivity index (χ4v) is 2.55. The van der Waals surface area contributed by atoms with Gasteiger partial charge in [-0.05, 0) is 18.8 Å². The Morgan fingerprint density at radius 3 is 2.00 bits per heavy atom. The van der Waals surface area contributed by atoms with E-state index in [-0.39, 0.29) is 35.7 Å². The molecule has 1 saturated carbocycles. The number of ketones is 1. The maximum Gasteiger partial charge on any atom is 0.332 e. The van der Waals surface area contributed by atoms with Gasteiger partial charge in [0.15, 0.2) is 0 Å². The third kappa shape index (κ3) is 4.19. The van der Waals surface area contributed by atoms with Crippen LogP contribution in [0.1, 0.15) is 51.9 Å². The van der Waals surface area contributed by atoms with E-state index in [0.29, 0.717) is 12.8 Å². The molecule has 0 aromatic heterocycles. The summed E-state index contributed by atoms with van der Waals surface area (Å²) in [6.07, 6.45) is 4.20. The second kappa shape index (κ2) is 7.07. The quantitative estimate of drug-likeness (QED) is 0.722. The number of Topliss-reactive ketones (excluding diaryl/α,β-unsaturated/α-hetero) is 1. The molecule has 0 heterocycles. The summed E-state index contributed by atoms with van der Waals surface area (Å²) in [6.45, 7) is 1.64. The summed E-state index contributed by atoms with van der Waals surface area (Å²) >= 11 is 0. The van der Waals surface area contributed by atoms with E-state index >= 15 is 0 Å². The van der Waals surface area contributed by atoms with E-state index in [1.807, 2.05) is 0 Å². The van der Waals surface area contributed by atoms with Crippen LogP contribution in [0.4, 0.5) is 0 Å². The summed E-state index contributed by atoms with van der Waals surface area (Å²) in [5.74, 6) is -2.97. The van der Waals surface area contributed by atoms with Crippen molar-refractivity contribution < 1.29 is 24.6 Å². The molecule has 0 spiro atoms. The Morgan fingerprint density at radius 2 is 1.58 bits per heavy atom. The first kappa shape index (κ1) is 15.4. The first-order valence-electron chi connectivity index (χ1n) is 6.68. The molecule has 5 heteroatoms. The van der Waals surface area contributed by atoms with Crippen LogP contribution in [0.5, 0.6) is 0 Å². The Labute approximate surface area is 112 Å². The molecule has 0 saturated heterocycles. The number of aliphatic carboxylic acids is 2. The lowest BCUT2D eigenvalue weighted by Crippen LogP contribution is -2.22. The maximum atomic E-state index is 11.4. The second-order valence-corrected chi connectivity index (χ2v) is 4.91. The number of hydrogen-bond donors (Lipinski definition) is 2. The van der Waals surface area contributed by atoms with Gasteiger partial charge in [-0.2, -0.15) is 0 Å². The van der Waals surface area contributed by atoms with Crippen molar-refractivity contribution in [2.24, 2.45) is 5.92 Å². The maximum absolute atomic E-state index is 11.4. The Hall–Kier alpha value is -1.65. The minimum Gasteiger partial charge on any atom is -0.478 e. The predicted octanol–water partition coefficient (Wildman–Crippen LogP) is 2.40. The Bertz CT molecular complexity index is 402. The number of carbonyl (C=O) groups excluding carboxylic acids is 1. The van der Waals surface area contributed by atoms with Crippen LogP contribution in [0.25, 0.3) is 0 Å². The van der Waals surface area contributed by atoms with Crippen molar-refractivity contribution >= 4 is 17.7 Å².